The van der Waals surface area contributed by atoms with Crippen LogP contribution in [0.1, 0.15) is 48.9 Å². The molecule has 0 bridgehead atoms. The number of aromatic nitrogens is 2. The number of pyridine rings is 1. The molecule has 1 atom stereocenters. The second-order valence-electron chi connectivity index (χ2n) is 7.91. The van der Waals surface area contributed by atoms with Crippen molar-refractivity contribution in [3.63, 3.8) is 0 Å². The lowest BCUT2D eigenvalue weighted by molar-refractivity contribution is 0.0997. The molecule has 0 aliphatic heterocycles. The van der Waals surface area contributed by atoms with Gasteiger partial charge in [0.2, 0.25) is 10.0 Å². The van der Waals surface area contributed by atoms with Gasteiger partial charge >= 0.3 is 0 Å². The first-order valence-electron chi connectivity index (χ1n) is 8.28. The highest BCUT2D eigenvalue weighted by atomic mass is 32.2. The van der Waals surface area contributed by atoms with Crippen molar-refractivity contribution in [3.05, 3.63) is 23.0 Å². The molecule has 0 saturated carbocycles. The van der Waals surface area contributed by atoms with Gasteiger partial charge in [-0.2, -0.15) is 0 Å². The number of rotatable bonds is 3. The molecule has 1 unspecified atom stereocenters. The maximum absolute atomic E-state index is 11.7. The normalized spacial score (nSPS) is 18.2. The van der Waals surface area contributed by atoms with E-state index in [0.717, 1.165) is 36.8 Å². The van der Waals surface area contributed by atoms with E-state index in [0.29, 0.717) is 17.0 Å². The Morgan fingerprint density at radius 2 is 2.08 bits per heavy atom. The van der Waals surface area contributed by atoms with E-state index < -0.39 is 15.9 Å². The highest BCUT2D eigenvalue weighted by Gasteiger charge is 2.30. The van der Waals surface area contributed by atoms with Crippen LogP contribution in [0, 0.1) is 11.3 Å². The minimum Gasteiger partial charge on any atom is -0.364 e. The second-order valence-corrected chi connectivity index (χ2v) is 9.66. The largest absolute Gasteiger partial charge is 0.364 e. The van der Waals surface area contributed by atoms with Crippen LogP contribution in [0.3, 0.4) is 0 Å². The number of sulfonamides is 1. The topological polar surface area (TPSA) is 118 Å². The Labute approximate surface area is 147 Å². The maximum atomic E-state index is 11.7. The fourth-order valence-electron chi connectivity index (χ4n) is 3.47. The minimum absolute atomic E-state index is 0.0302. The molecule has 7 nitrogen and oxygen atoms in total. The van der Waals surface area contributed by atoms with Crippen LogP contribution in [-0.2, 0) is 22.9 Å². The molecule has 1 aliphatic rings. The van der Waals surface area contributed by atoms with Crippen LogP contribution in [-0.4, -0.2) is 30.5 Å². The summed E-state index contributed by atoms with van der Waals surface area (Å²) in [6.07, 6.45) is 3.82. The molecule has 8 heteroatoms. The molecule has 2 heterocycles. The first kappa shape index (κ1) is 17.7. The zero-order valence-corrected chi connectivity index (χ0v) is 15.8. The molecular weight excluding hydrogens is 340 g/mol. The number of nitrogens with two attached hydrogens (primary N) is 1. The van der Waals surface area contributed by atoms with Crippen molar-refractivity contribution in [1.82, 2.24) is 9.97 Å². The summed E-state index contributed by atoms with van der Waals surface area (Å²) in [7, 11) is -3.56. The van der Waals surface area contributed by atoms with Gasteiger partial charge in [-0.3, -0.25) is 9.52 Å². The number of amides is 1. The zero-order chi connectivity index (χ0) is 18.6. The van der Waals surface area contributed by atoms with E-state index in [1.54, 1.807) is 0 Å². The first-order chi connectivity index (χ1) is 11.5. The third-order valence-corrected chi connectivity index (χ3v) is 5.47. The van der Waals surface area contributed by atoms with Gasteiger partial charge in [-0.05, 0) is 42.2 Å². The number of nitrogens with zero attached hydrogens (tertiary/aromatic N) is 1. The van der Waals surface area contributed by atoms with Crippen molar-refractivity contribution in [3.8, 4) is 0 Å². The Kier molecular flexibility index (Phi) is 4.06. The molecule has 1 aliphatic carbocycles. The second kappa shape index (κ2) is 5.72. The Hall–Kier alpha value is -2.09. The number of hydrogen-bond acceptors (Lipinski definition) is 4. The number of carbonyl (C=O) groups is 1. The molecule has 2 aromatic rings. The highest BCUT2D eigenvalue weighted by Crippen LogP contribution is 2.38. The van der Waals surface area contributed by atoms with Crippen molar-refractivity contribution in [2.24, 2.45) is 17.1 Å². The number of carbonyl (C=O) groups excluding carboxylic acids is 1. The third kappa shape index (κ3) is 3.49. The number of aromatic amines is 1. The quantitative estimate of drug-likeness (QED) is 0.773. The summed E-state index contributed by atoms with van der Waals surface area (Å²) < 4.78 is 25.7. The average Bonchev–Trinajstić information content (AvgIpc) is 2.79. The summed E-state index contributed by atoms with van der Waals surface area (Å²) in [5.74, 6) is -0.173. The predicted molar refractivity (Wildman–Crippen MR) is 98.0 cm³/mol. The molecule has 0 spiro atoms. The summed E-state index contributed by atoms with van der Waals surface area (Å²) >= 11 is 0. The maximum Gasteiger partial charge on any atom is 0.267 e. The van der Waals surface area contributed by atoms with Gasteiger partial charge in [0, 0.05) is 5.69 Å². The summed E-state index contributed by atoms with van der Waals surface area (Å²) in [6.45, 7) is 6.72. The number of anilines is 1. The van der Waals surface area contributed by atoms with Gasteiger partial charge in [0.15, 0.2) is 0 Å². The molecule has 0 saturated heterocycles. The molecule has 136 valence electrons. The number of aryl methyl sites for hydroxylation is 1. The summed E-state index contributed by atoms with van der Waals surface area (Å²) in [6, 6.07) is 1.97. The molecule has 0 aromatic carbocycles. The average molecular weight is 364 g/mol. The van der Waals surface area contributed by atoms with Gasteiger partial charge in [-0.15, -0.1) is 0 Å². The van der Waals surface area contributed by atoms with E-state index >= 15 is 0 Å². The van der Waals surface area contributed by atoms with Gasteiger partial charge in [0.05, 0.1) is 11.8 Å². The monoisotopic (exact) mass is 364 g/mol. The van der Waals surface area contributed by atoms with Gasteiger partial charge in [-0.1, -0.05) is 20.8 Å². The lowest BCUT2D eigenvalue weighted by Gasteiger charge is -2.34. The molecule has 0 radical (unpaired) electrons. The van der Waals surface area contributed by atoms with Crippen LogP contribution < -0.4 is 10.5 Å². The zero-order valence-electron chi connectivity index (χ0n) is 14.9. The van der Waals surface area contributed by atoms with Crippen LogP contribution in [0.25, 0.3) is 11.0 Å². The van der Waals surface area contributed by atoms with E-state index in [1.165, 1.54) is 0 Å². The van der Waals surface area contributed by atoms with Crippen LogP contribution in [0.4, 0.5) is 5.69 Å². The van der Waals surface area contributed by atoms with Crippen LogP contribution in [0.5, 0.6) is 0 Å². The van der Waals surface area contributed by atoms with E-state index in [1.807, 2.05) is 6.07 Å². The summed E-state index contributed by atoms with van der Waals surface area (Å²) in [5.41, 5.74) is 8.92. The molecule has 1 amide bonds. The smallest absolute Gasteiger partial charge is 0.267 e. The van der Waals surface area contributed by atoms with Crippen LogP contribution in [0.15, 0.2) is 6.07 Å². The number of fused-ring (bicyclic) bond motifs is 2. The fourth-order valence-corrected chi connectivity index (χ4v) is 4.04. The van der Waals surface area contributed by atoms with Gasteiger partial charge in [-0.25, -0.2) is 13.4 Å². The Morgan fingerprint density at radius 1 is 1.40 bits per heavy atom. The molecular formula is C17H24N4O3S. The standard InChI is InChI=1S/C17H24N4O3S/c1-17(2,3)10-5-6-11-9(7-10)8-12-13(19-11)14(21-25(4,23)24)15(20-12)16(18)22/h8,10,20-21H,5-7H2,1-4H3,(H2,18,22). The van der Waals surface area contributed by atoms with Gasteiger partial charge in [0.25, 0.3) is 5.91 Å². The molecule has 2 aromatic heterocycles. The van der Waals surface area contributed by atoms with Crippen molar-refractivity contribution in [1.29, 1.82) is 0 Å². The first-order valence-corrected chi connectivity index (χ1v) is 10.2. The van der Waals surface area contributed by atoms with E-state index in [2.05, 4.69) is 35.5 Å². The van der Waals surface area contributed by atoms with Crippen LogP contribution in [0.2, 0.25) is 0 Å². The minimum atomic E-state index is -3.56. The number of hydrogen-bond donors (Lipinski definition) is 3. The van der Waals surface area contributed by atoms with Gasteiger partial charge < -0.3 is 10.7 Å². The van der Waals surface area contributed by atoms with Crippen molar-refractivity contribution < 1.29 is 13.2 Å². The number of primary amides is 1. The SMILES string of the molecule is CC(C)(C)C1CCc2nc3c(NS(C)(=O)=O)c(C(N)=O)[nH]c3cc2C1. The molecule has 25 heavy (non-hydrogen) atoms. The van der Waals surface area contributed by atoms with Crippen molar-refractivity contribution in [2.75, 3.05) is 11.0 Å². The predicted octanol–water partition coefficient (Wildman–Crippen LogP) is 2.18. The van der Waals surface area contributed by atoms with E-state index in [9.17, 15) is 13.2 Å². The fraction of sp³-hybridized carbons (Fsp3) is 0.529. The summed E-state index contributed by atoms with van der Waals surface area (Å²) in [4.78, 5) is 19.3. The molecule has 3 rings (SSSR count). The third-order valence-electron chi connectivity index (χ3n) is 4.89. The highest BCUT2D eigenvalue weighted by molar-refractivity contribution is 7.92. The Bertz CT molecular complexity index is 954. The van der Waals surface area contributed by atoms with E-state index in [-0.39, 0.29) is 16.8 Å². The Morgan fingerprint density at radius 3 is 2.64 bits per heavy atom. The van der Waals surface area contributed by atoms with Crippen molar-refractivity contribution >= 4 is 32.7 Å². The lowest BCUT2D eigenvalue weighted by atomic mass is 9.71. The van der Waals surface area contributed by atoms with E-state index in [4.69, 9.17) is 5.73 Å². The summed E-state index contributed by atoms with van der Waals surface area (Å²) in [5, 5.41) is 0. The van der Waals surface area contributed by atoms with Crippen LogP contribution >= 0.6 is 0 Å². The number of H-pyrrole nitrogens is 1. The van der Waals surface area contributed by atoms with Gasteiger partial charge in [0.1, 0.15) is 16.9 Å². The molecule has 0 fully saturated rings. The Balaban J connectivity index is 2.13. The number of nitrogens with one attached hydrogen (secondary N) is 2. The lowest BCUT2D eigenvalue weighted by Crippen LogP contribution is -2.27. The van der Waals surface area contributed by atoms with Crippen molar-refractivity contribution in [2.45, 2.75) is 40.0 Å². The molecule has 4 N–H and O–H groups in total.